The SMILES string of the molecule is OC(c1ncc(-c2cccc(Nc3nccc(C(F)(F)F)n3)c2)s1)C(F)F. The highest BCUT2D eigenvalue weighted by Crippen LogP contribution is 2.33. The average Bonchev–Trinajstić information content (AvgIpc) is 3.11. The van der Waals surface area contributed by atoms with Gasteiger partial charge in [-0.05, 0) is 23.8 Å². The second-order valence-corrected chi connectivity index (χ2v) is 6.37. The minimum atomic E-state index is -4.59. The number of aliphatic hydroxyl groups excluding tert-OH is 1. The highest BCUT2D eigenvalue weighted by atomic mass is 32.1. The Morgan fingerprint density at radius 1 is 1.11 bits per heavy atom. The number of nitrogens with one attached hydrogen (secondary N) is 1. The first kappa shape index (κ1) is 19.1. The fourth-order valence-corrected chi connectivity index (χ4v) is 3.03. The van der Waals surface area contributed by atoms with Crippen LogP contribution in [0.2, 0.25) is 0 Å². The number of thiazole rings is 1. The Morgan fingerprint density at radius 3 is 2.59 bits per heavy atom. The Kier molecular flexibility index (Phi) is 5.33. The molecule has 2 heterocycles. The fraction of sp³-hybridized carbons (Fsp3) is 0.188. The first-order valence-electron chi connectivity index (χ1n) is 7.43. The summed E-state index contributed by atoms with van der Waals surface area (Å²) in [5.74, 6) is -0.236. The summed E-state index contributed by atoms with van der Waals surface area (Å²) in [7, 11) is 0. The Hall–Kier alpha value is -2.66. The van der Waals surface area contributed by atoms with Crippen molar-refractivity contribution in [2.24, 2.45) is 0 Å². The molecule has 1 atom stereocenters. The molecule has 2 aromatic heterocycles. The molecule has 0 aliphatic carbocycles. The summed E-state index contributed by atoms with van der Waals surface area (Å²) in [6, 6.07) is 7.21. The van der Waals surface area contributed by atoms with E-state index in [9.17, 15) is 27.1 Å². The van der Waals surface area contributed by atoms with Crippen molar-refractivity contribution in [3.63, 3.8) is 0 Å². The van der Waals surface area contributed by atoms with Crippen molar-refractivity contribution in [3.8, 4) is 10.4 Å². The maximum atomic E-state index is 12.7. The lowest BCUT2D eigenvalue weighted by molar-refractivity contribution is -0.141. The van der Waals surface area contributed by atoms with Crippen LogP contribution in [0.4, 0.5) is 33.6 Å². The zero-order chi connectivity index (χ0) is 19.6. The number of rotatable bonds is 5. The summed E-state index contributed by atoms with van der Waals surface area (Å²) < 4.78 is 63.3. The molecule has 142 valence electrons. The molecule has 0 spiro atoms. The first-order valence-corrected chi connectivity index (χ1v) is 8.25. The number of hydrogen-bond donors (Lipinski definition) is 2. The second-order valence-electron chi connectivity index (χ2n) is 5.31. The van der Waals surface area contributed by atoms with Crippen LogP contribution in [0, 0.1) is 0 Å². The van der Waals surface area contributed by atoms with Gasteiger partial charge in [0, 0.05) is 18.1 Å². The molecule has 0 fully saturated rings. The molecule has 1 unspecified atom stereocenters. The van der Waals surface area contributed by atoms with E-state index >= 15 is 0 Å². The topological polar surface area (TPSA) is 70.9 Å². The van der Waals surface area contributed by atoms with Gasteiger partial charge in [-0.1, -0.05) is 12.1 Å². The highest BCUT2D eigenvalue weighted by molar-refractivity contribution is 7.15. The standard InChI is InChI=1S/C16H11F5N4OS/c17-13(18)12(26)14-23-7-10(27-14)8-2-1-3-9(6-8)24-15-22-5-4-11(25-15)16(19,20)21/h1-7,12-13,26H,(H,22,24,25). The zero-order valence-corrected chi connectivity index (χ0v) is 14.1. The summed E-state index contributed by atoms with van der Waals surface area (Å²) in [5.41, 5.74) is -0.0994. The van der Waals surface area contributed by atoms with Gasteiger partial charge in [-0.2, -0.15) is 13.2 Å². The van der Waals surface area contributed by atoms with Gasteiger partial charge in [0.05, 0.1) is 4.88 Å². The number of aliphatic hydroxyl groups is 1. The van der Waals surface area contributed by atoms with Crippen LogP contribution >= 0.6 is 11.3 Å². The quantitative estimate of drug-likeness (QED) is 0.608. The molecule has 0 radical (unpaired) electrons. The molecule has 0 saturated carbocycles. The van der Waals surface area contributed by atoms with E-state index in [0.29, 0.717) is 16.1 Å². The lowest BCUT2D eigenvalue weighted by atomic mass is 10.2. The molecule has 0 aliphatic heterocycles. The van der Waals surface area contributed by atoms with E-state index in [4.69, 9.17) is 0 Å². The molecule has 27 heavy (non-hydrogen) atoms. The maximum absolute atomic E-state index is 12.7. The third kappa shape index (κ3) is 4.55. The maximum Gasteiger partial charge on any atom is 0.433 e. The molecule has 3 rings (SSSR count). The van der Waals surface area contributed by atoms with Gasteiger partial charge in [-0.25, -0.2) is 23.7 Å². The second kappa shape index (κ2) is 7.53. The minimum absolute atomic E-state index is 0.125. The monoisotopic (exact) mass is 402 g/mol. The fourth-order valence-electron chi connectivity index (χ4n) is 2.12. The van der Waals surface area contributed by atoms with Crippen LogP contribution in [0.1, 0.15) is 16.8 Å². The average molecular weight is 402 g/mol. The molecule has 0 amide bonds. The van der Waals surface area contributed by atoms with Crippen molar-refractivity contribution in [3.05, 3.63) is 53.4 Å². The van der Waals surface area contributed by atoms with Crippen LogP contribution in [0.25, 0.3) is 10.4 Å². The molecular formula is C16H11F5N4OS. The summed E-state index contributed by atoms with van der Waals surface area (Å²) in [6.45, 7) is 0. The number of halogens is 5. The molecule has 5 nitrogen and oxygen atoms in total. The molecule has 1 aromatic carbocycles. The smallest absolute Gasteiger partial charge is 0.380 e. The zero-order valence-electron chi connectivity index (χ0n) is 13.3. The third-order valence-electron chi connectivity index (χ3n) is 3.36. The van der Waals surface area contributed by atoms with E-state index in [1.807, 2.05) is 0 Å². The molecule has 3 aromatic rings. The number of nitrogens with zero attached hydrogens (tertiary/aromatic N) is 3. The Labute approximate surface area is 153 Å². The van der Waals surface area contributed by atoms with E-state index < -0.39 is 24.4 Å². The first-order chi connectivity index (χ1) is 12.7. The van der Waals surface area contributed by atoms with Crippen molar-refractivity contribution >= 4 is 23.0 Å². The van der Waals surface area contributed by atoms with E-state index in [1.54, 1.807) is 24.3 Å². The Morgan fingerprint density at radius 2 is 1.89 bits per heavy atom. The van der Waals surface area contributed by atoms with Crippen molar-refractivity contribution in [2.75, 3.05) is 5.32 Å². The van der Waals surface area contributed by atoms with Gasteiger partial charge >= 0.3 is 6.18 Å². The van der Waals surface area contributed by atoms with Crippen molar-refractivity contribution in [2.45, 2.75) is 18.7 Å². The van der Waals surface area contributed by atoms with Crippen LogP contribution in [-0.4, -0.2) is 26.5 Å². The van der Waals surface area contributed by atoms with Crippen LogP contribution in [0.3, 0.4) is 0 Å². The molecule has 0 saturated heterocycles. The van der Waals surface area contributed by atoms with Crippen molar-refractivity contribution < 1.29 is 27.1 Å². The minimum Gasteiger partial charge on any atom is -0.380 e. The molecular weight excluding hydrogens is 391 g/mol. The summed E-state index contributed by atoms with van der Waals surface area (Å²) >= 11 is 0.894. The van der Waals surface area contributed by atoms with Crippen molar-refractivity contribution in [1.82, 2.24) is 15.0 Å². The highest BCUT2D eigenvalue weighted by Gasteiger charge is 2.32. The normalized spacial score (nSPS) is 13.0. The number of anilines is 2. The molecule has 2 N–H and O–H groups in total. The summed E-state index contributed by atoms with van der Waals surface area (Å²) in [5, 5.41) is 11.9. The lowest BCUT2D eigenvalue weighted by Gasteiger charge is -2.09. The summed E-state index contributed by atoms with van der Waals surface area (Å²) in [6.07, 6.45) is -7.18. The summed E-state index contributed by atoms with van der Waals surface area (Å²) in [4.78, 5) is 11.5. The van der Waals surface area contributed by atoms with Gasteiger partial charge < -0.3 is 10.4 Å². The van der Waals surface area contributed by atoms with Crippen LogP contribution in [0.15, 0.2) is 42.7 Å². The van der Waals surface area contributed by atoms with E-state index in [1.165, 1.54) is 6.20 Å². The van der Waals surface area contributed by atoms with Gasteiger partial charge in [0.2, 0.25) is 5.95 Å². The van der Waals surface area contributed by atoms with E-state index in [0.717, 1.165) is 23.6 Å². The van der Waals surface area contributed by atoms with Gasteiger partial charge in [0.25, 0.3) is 6.43 Å². The number of benzene rings is 1. The predicted molar refractivity (Wildman–Crippen MR) is 88.8 cm³/mol. The number of aromatic nitrogens is 3. The Balaban J connectivity index is 1.83. The Bertz CT molecular complexity index is 931. The largest absolute Gasteiger partial charge is 0.433 e. The van der Waals surface area contributed by atoms with Gasteiger partial charge in [-0.3, -0.25) is 0 Å². The van der Waals surface area contributed by atoms with Gasteiger partial charge in [-0.15, -0.1) is 11.3 Å². The van der Waals surface area contributed by atoms with Crippen LogP contribution in [0.5, 0.6) is 0 Å². The van der Waals surface area contributed by atoms with E-state index in [2.05, 4.69) is 20.3 Å². The van der Waals surface area contributed by atoms with Crippen LogP contribution < -0.4 is 5.32 Å². The van der Waals surface area contributed by atoms with Gasteiger partial charge in [0.15, 0.2) is 6.10 Å². The number of hydrogen-bond acceptors (Lipinski definition) is 6. The number of alkyl halides is 5. The predicted octanol–water partition coefficient (Wildman–Crippen LogP) is 4.66. The lowest BCUT2D eigenvalue weighted by Crippen LogP contribution is -2.10. The van der Waals surface area contributed by atoms with Crippen molar-refractivity contribution in [1.29, 1.82) is 0 Å². The molecule has 0 aliphatic rings. The molecule has 0 bridgehead atoms. The van der Waals surface area contributed by atoms with E-state index in [-0.39, 0.29) is 11.0 Å². The molecule has 11 heteroatoms. The third-order valence-corrected chi connectivity index (χ3v) is 4.48. The van der Waals surface area contributed by atoms with Gasteiger partial charge in [0.1, 0.15) is 10.7 Å². The van der Waals surface area contributed by atoms with Crippen LogP contribution in [-0.2, 0) is 6.18 Å².